The maximum atomic E-state index is 13.2. The highest BCUT2D eigenvalue weighted by Crippen LogP contribution is 2.41. The number of carbonyl (C=O) groups is 2. The zero-order chi connectivity index (χ0) is 27.4. The number of ether oxygens (including phenoxy) is 2. The van der Waals surface area contributed by atoms with E-state index < -0.39 is 0 Å². The topological polar surface area (TPSA) is 67.9 Å². The Labute approximate surface area is 237 Å². The van der Waals surface area contributed by atoms with E-state index >= 15 is 0 Å². The van der Waals surface area contributed by atoms with Crippen LogP contribution in [0.1, 0.15) is 35.2 Å². The molecule has 0 aliphatic carbocycles. The Hall–Kier alpha value is -3.33. The monoisotopic (exact) mass is 566 g/mol. The van der Waals surface area contributed by atoms with Crippen molar-refractivity contribution in [1.29, 1.82) is 0 Å². The SMILES string of the molecule is COc1cc(/C=C2\SC(=S)N([C@@H](C)c3ccccc3)C2=O)cc(Cl)c1OCC(=O)Nc1ccc(C)cc1C. The van der Waals surface area contributed by atoms with Gasteiger partial charge in [0.25, 0.3) is 11.8 Å². The number of aryl methyl sites for hydroxylation is 2. The first-order valence-corrected chi connectivity index (χ1v) is 13.5. The van der Waals surface area contributed by atoms with Gasteiger partial charge in [0.2, 0.25) is 0 Å². The van der Waals surface area contributed by atoms with Crippen molar-refractivity contribution in [3.8, 4) is 11.5 Å². The molecule has 1 saturated heterocycles. The predicted octanol–water partition coefficient (Wildman–Crippen LogP) is 6.95. The van der Waals surface area contributed by atoms with E-state index in [0.29, 0.717) is 20.5 Å². The average molecular weight is 567 g/mol. The highest BCUT2D eigenvalue weighted by Gasteiger charge is 2.36. The molecule has 2 amide bonds. The van der Waals surface area contributed by atoms with Gasteiger partial charge in [-0.05, 0) is 61.7 Å². The van der Waals surface area contributed by atoms with Crippen LogP contribution in [0, 0.1) is 13.8 Å². The molecule has 9 heteroatoms. The highest BCUT2D eigenvalue weighted by atomic mass is 35.5. The molecule has 1 atom stereocenters. The average Bonchev–Trinajstić information content (AvgIpc) is 3.17. The summed E-state index contributed by atoms with van der Waals surface area (Å²) in [6.07, 6.45) is 1.72. The van der Waals surface area contributed by atoms with E-state index in [1.54, 1.807) is 23.1 Å². The normalized spacial score (nSPS) is 15.1. The number of rotatable bonds is 8. The summed E-state index contributed by atoms with van der Waals surface area (Å²) in [4.78, 5) is 27.8. The second kappa shape index (κ2) is 12.0. The molecule has 1 aliphatic heterocycles. The van der Waals surface area contributed by atoms with Crippen LogP contribution in [0.5, 0.6) is 11.5 Å². The maximum absolute atomic E-state index is 13.2. The first kappa shape index (κ1) is 27.7. The minimum atomic E-state index is -0.324. The number of benzene rings is 3. The zero-order valence-corrected chi connectivity index (χ0v) is 23.8. The van der Waals surface area contributed by atoms with E-state index in [2.05, 4.69) is 5.32 Å². The third-order valence-electron chi connectivity index (χ3n) is 6.05. The lowest BCUT2D eigenvalue weighted by molar-refractivity contribution is -0.123. The Morgan fingerprint density at radius 2 is 1.89 bits per heavy atom. The van der Waals surface area contributed by atoms with E-state index in [0.717, 1.165) is 22.4 Å². The van der Waals surface area contributed by atoms with Crippen molar-refractivity contribution in [1.82, 2.24) is 4.90 Å². The Morgan fingerprint density at radius 3 is 2.58 bits per heavy atom. The number of halogens is 1. The number of anilines is 1. The molecule has 38 heavy (non-hydrogen) atoms. The van der Waals surface area contributed by atoms with Gasteiger partial charge in [0.1, 0.15) is 4.32 Å². The Morgan fingerprint density at radius 1 is 1.16 bits per heavy atom. The summed E-state index contributed by atoms with van der Waals surface area (Å²) in [7, 11) is 1.49. The van der Waals surface area contributed by atoms with Gasteiger partial charge in [-0.2, -0.15) is 0 Å². The summed E-state index contributed by atoms with van der Waals surface area (Å²) in [5.41, 5.74) is 4.43. The van der Waals surface area contributed by atoms with Crippen LogP contribution < -0.4 is 14.8 Å². The molecule has 3 aromatic carbocycles. The summed E-state index contributed by atoms with van der Waals surface area (Å²) in [6, 6.07) is 18.7. The van der Waals surface area contributed by atoms with Crippen LogP contribution in [-0.2, 0) is 9.59 Å². The van der Waals surface area contributed by atoms with Crippen LogP contribution in [0.25, 0.3) is 6.08 Å². The van der Waals surface area contributed by atoms with E-state index in [4.69, 9.17) is 33.3 Å². The Kier molecular flexibility index (Phi) is 8.76. The molecular formula is C29H27ClN2O4S2. The van der Waals surface area contributed by atoms with Gasteiger partial charge in [0.15, 0.2) is 18.1 Å². The Bertz CT molecular complexity index is 1430. The number of carbonyl (C=O) groups excluding carboxylic acids is 2. The molecule has 0 aromatic heterocycles. The lowest BCUT2D eigenvalue weighted by Gasteiger charge is -2.23. The molecule has 0 spiro atoms. The van der Waals surface area contributed by atoms with Crippen molar-refractivity contribution >= 4 is 63.5 Å². The first-order valence-electron chi connectivity index (χ1n) is 11.9. The molecule has 6 nitrogen and oxygen atoms in total. The number of nitrogens with one attached hydrogen (secondary N) is 1. The third-order valence-corrected chi connectivity index (χ3v) is 7.66. The van der Waals surface area contributed by atoms with Crippen molar-refractivity contribution in [3.05, 3.63) is 92.8 Å². The number of hydrogen-bond donors (Lipinski definition) is 1. The molecule has 1 aliphatic rings. The number of thioether (sulfide) groups is 1. The number of nitrogens with zero attached hydrogens (tertiary/aromatic N) is 1. The number of methoxy groups -OCH3 is 1. The van der Waals surface area contributed by atoms with Gasteiger partial charge in [0.05, 0.1) is 23.1 Å². The van der Waals surface area contributed by atoms with E-state index in [-0.39, 0.29) is 35.2 Å². The predicted molar refractivity (Wildman–Crippen MR) is 158 cm³/mol. The largest absolute Gasteiger partial charge is 0.493 e. The zero-order valence-electron chi connectivity index (χ0n) is 21.4. The lowest BCUT2D eigenvalue weighted by Crippen LogP contribution is -2.30. The molecule has 4 rings (SSSR count). The molecule has 3 aromatic rings. The summed E-state index contributed by atoms with van der Waals surface area (Å²) < 4.78 is 11.7. The maximum Gasteiger partial charge on any atom is 0.266 e. The fourth-order valence-corrected chi connectivity index (χ4v) is 5.78. The van der Waals surface area contributed by atoms with Crippen LogP contribution in [0.15, 0.2) is 65.6 Å². The third kappa shape index (κ3) is 6.20. The van der Waals surface area contributed by atoms with Gasteiger partial charge >= 0.3 is 0 Å². The van der Waals surface area contributed by atoms with Crippen molar-refractivity contribution < 1.29 is 19.1 Å². The van der Waals surface area contributed by atoms with Crippen molar-refractivity contribution in [2.75, 3.05) is 19.0 Å². The molecule has 0 unspecified atom stereocenters. The molecule has 196 valence electrons. The van der Waals surface area contributed by atoms with Gasteiger partial charge in [-0.1, -0.05) is 83.6 Å². The summed E-state index contributed by atoms with van der Waals surface area (Å²) in [5.74, 6) is 0.0914. The van der Waals surface area contributed by atoms with Gasteiger partial charge in [0, 0.05) is 5.69 Å². The second-order valence-corrected chi connectivity index (χ2v) is 10.9. The summed E-state index contributed by atoms with van der Waals surface area (Å²) in [5, 5.41) is 3.10. The van der Waals surface area contributed by atoms with Crippen LogP contribution in [-0.4, -0.2) is 34.8 Å². The van der Waals surface area contributed by atoms with Crippen LogP contribution in [0.4, 0.5) is 5.69 Å². The van der Waals surface area contributed by atoms with Crippen LogP contribution in [0.3, 0.4) is 0 Å². The second-order valence-electron chi connectivity index (χ2n) is 8.83. The fraction of sp³-hybridized carbons (Fsp3) is 0.207. The quantitative estimate of drug-likeness (QED) is 0.235. The molecule has 1 heterocycles. The molecule has 1 fully saturated rings. The lowest BCUT2D eigenvalue weighted by atomic mass is 10.1. The Balaban J connectivity index is 1.49. The van der Waals surface area contributed by atoms with Crippen LogP contribution in [0.2, 0.25) is 5.02 Å². The van der Waals surface area contributed by atoms with Crippen LogP contribution >= 0.6 is 35.6 Å². The van der Waals surface area contributed by atoms with Gasteiger partial charge < -0.3 is 14.8 Å². The van der Waals surface area contributed by atoms with Gasteiger partial charge in [-0.3, -0.25) is 14.5 Å². The van der Waals surface area contributed by atoms with Gasteiger partial charge in [-0.15, -0.1) is 0 Å². The smallest absolute Gasteiger partial charge is 0.266 e. The number of hydrogen-bond acceptors (Lipinski definition) is 6. The molecular weight excluding hydrogens is 540 g/mol. The van der Waals surface area contributed by atoms with Crippen molar-refractivity contribution in [2.45, 2.75) is 26.8 Å². The molecule has 0 saturated carbocycles. The minimum Gasteiger partial charge on any atom is -0.493 e. The number of thiocarbonyl (C=S) groups is 1. The number of amides is 2. The summed E-state index contributed by atoms with van der Waals surface area (Å²) in [6.45, 7) is 5.62. The van der Waals surface area contributed by atoms with Crippen molar-refractivity contribution in [2.24, 2.45) is 0 Å². The standard InChI is InChI=1S/C29H27ClN2O4S2/c1-17-10-11-23(18(2)12-17)31-26(33)16-36-27-22(30)13-20(14-24(27)35-4)15-25-28(34)32(29(37)38-25)19(3)21-8-6-5-7-9-21/h5-15,19H,16H2,1-4H3,(H,31,33)/b25-15-/t19-/m0/s1. The highest BCUT2D eigenvalue weighted by molar-refractivity contribution is 8.26. The molecule has 1 N–H and O–H groups in total. The van der Waals surface area contributed by atoms with E-state index in [1.807, 2.05) is 69.3 Å². The first-order chi connectivity index (χ1) is 18.2. The molecule has 0 radical (unpaired) electrons. The minimum absolute atomic E-state index is 0.171. The van der Waals surface area contributed by atoms with Gasteiger partial charge in [-0.25, -0.2) is 0 Å². The molecule has 0 bridgehead atoms. The summed E-state index contributed by atoms with van der Waals surface area (Å²) >= 11 is 13.3. The van der Waals surface area contributed by atoms with Crippen molar-refractivity contribution in [3.63, 3.8) is 0 Å². The fourth-order valence-electron chi connectivity index (χ4n) is 4.09. The van der Waals surface area contributed by atoms with E-state index in [9.17, 15) is 9.59 Å². The van der Waals surface area contributed by atoms with E-state index in [1.165, 1.54) is 18.9 Å².